The highest BCUT2D eigenvalue weighted by atomic mass is 16.5. The molecule has 4 heteroatoms. The first-order valence-corrected chi connectivity index (χ1v) is 12.0. The van der Waals surface area contributed by atoms with Crippen LogP contribution in [0, 0.1) is 0 Å². The number of unbranched alkanes of at least 4 members (excludes halogenated alkanes) is 2. The quantitative estimate of drug-likeness (QED) is 0.338. The molecule has 31 heavy (non-hydrogen) atoms. The molecule has 0 heterocycles. The standard InChI is InChI=1S/C25H38N2O2.C2H6/c1-4-6-16-27(17-7-5-2)18-15-26-20-23-13-14-24(28-3)25(19-23)29-21-22-11-9-8-10-12-22;1-2/h8-14,19,26H,4-7,15-18,20-21H2,1-3H3;1-2H3. The van der Waals surface area contributed by atoms with Crippen LogP contribution in [-0.4, -0.2) is 38.2 Å². The van der Waals surface area contributed by atoms with Gasteiger partial charge in [0.05, 0.1) is 7.11 Å². The molecule has 4 nitrogen and oxygen atoms in total. The number of ether oxygens (including phenoxy) is 2. The van der Waals surface area contributed by atoms with E-state index in [9.17, 15) is 0 Å². The zero-order valence-corrected chi connectivity index (χ0v) is 20.5. The molecule has 2 rings (SSSR count). The van der Waals surface area contributed by atoms with Crippen molar-refractivity contribution in [2.45, 2.75) is 66.5 Å². The van der Waals surface area contributed by atoms with Crippen LogP contribution in [0.15, 0.2) is 48.5 Å². The summed E-state index contributed by atoms with van der Waals surface area (Å²) in [5.41, 5.74) is 2.36. The highest BCUT2D eigenvalue weighted by Crippen LogP contribution is 2.28. The Morgan fingerprint density at radius 1 is 0.806 bits per heavy atom. The second-order valence-corrected chi connectivity index (χ2v) is 7.49. The maximum Gasteiger partial charge on any atom is 0.161 e. The molecule has 0 unspecified atom stereocenters. The van der Waals surface area contributed by atoms with E-state index in [0.29, 0.717) is 6.61 Å². The minimum atomic E-state index is 0.540. The fourth-order valence-electron chi connectivity index (χ4n) is 3.25. The fourth-order valence-corrected chi connectivity index (χ4v) is 3.25. The van der Waals surface area contributed by atoms with Gasteiger partial charge in [0.15, 0.2) is 11.5 Å². The van der Waals surface area contributed by atoms with Gasteiger partial charge in [-0.1, -0.05) is 76.9 Å². The van der Waals surface area contributed by atoms with Crippen LogP contribution in [0.25, 0.3) is 0 Å². The van der Waals surface area contributed by atoms with Crippen LogP contribution in [0.4, 0.5) is 0 Å². The molecule has 0 bridgehead atoms. The number of hydrogen-bond acceptors (Lipinski definition) is 4. The Morgan fingerprint density at radius 3 is 2.10 bits per heavy atom. The smallest absolute Gasteiger partial charge is 0.161 e. The Bertz CT molecular complexity index is 668. The molecule has 1 N–H and O–H groups in total. The Balaban J connectivity index is 0.00000233. The molecule has 2 aromatic rings. The topological polar surface area (TPSA) is 33.7 Å². The lowest BCUT2D eigenvalue weighted by Crippen LogP contribution is -2.33. The van der Waals surface area contributed by atoms with E-state index in [-0.39, 0.29) is 0 Å². The first-order chi connectivity index (χ1) is 15.3. The lowest BCUT2D eigenvalue weighted by Gasteiger charge is -2.22. The molecule has 0 saturated carbocycles. The van der Waals surface area contributed by atoms with Crippen molar-refractivity contribution in [2.24, 2.45) is 0 Å². The van der Waals surface area contributed by atoms with Crippen LogP contribution in [-0.2, 0) is 13.2 Å². The van der Waals surface area contributed by atoms with E-state index >= 15 is 0 Å². The normalized spacial score (nSPS) is 10.5. The first-order valence-electron chi connectivity index (χ1n) is 12.0. The third-order valence-corrected chi connectivity index (χ3v) is 5.05. The van der Waals surface area contributed by atoms with Crippen LogP contribution in [0.2, 0.25) is 0 Å². The molecular weight excluding hydrogens is 384 g/mol. The highest BCUT2D eigenvalue weighted by molar-refractivity contribution is 5.43. The number of nitrogens with one attached hydrogen (secondary N) is 1. The molecule has 0 amide bonds. The van der Waals surface area contributed by atoms with E-state index in [4.69, 9.17) is 9.47 Å². The van der Waals surface area contributed by atoms with Crippen molar-refractivity contribution < 1.29 is 9.47 Å². The van der Waals surface area contributed by atoms with Crippen LogP contribution in [0.1, 0.15) is 64.5 Å². The number of rotatable bonds is 15. The molecular formula is C27H44N2O2. The summed E-state index contributed by atoms with van der Waals surface area (Å²) in [6, 6.07) is 16.4. The molecule has 0 fully saturated rings. The second kappa shape index (κ2) is 17.6. The third kappa shape index (κ3) is 11.2. The zero-order valence-electron chi connectivity index (χ0n) is 20.5. The zero-order chi connectivity index (χ0) is 22.7. The fraction of sp³-hybridized carbons (Fsp3) is 0.556. The highest BCUT2D eigenvalue weighted by Gasteiger charge is 2.07. The first kappa shape index (κ1) is 27.0. The lowest BCUT2D eigenvalue weighted by molar-refractivity contribution is 0.264. The van der Waals surface area contributed by atoms with Crippen LogP contribution >= 0.6 is 0 Å². The molecule has 0 aliphatic heterocycles. The molecule has 174 valence electrons. The Labute approximate surface area is 191 Å². The summed E-state index contributed by atoms with van der Waals surface area (Å²) in [6.07, 6.45) is 5.08. The largest absolute Gasteiger partial charge is 0.493 e. The summed E-state index contributed by atoms with van der Waals surface area (Å²) in [7, 11) is 1.68. The summed E-state index contributed by atoms with van der Waals surface area (Å²) >= 11 is 0. The van der Waals surface area contributed by atoms with E-state index in [1.165, 1.54) is 44.3 Å². The molecule has 0 aliphatic rings. The average Bonchev–Trinajstić information content (AvgIpc) is 2.83. The number of benzene rings is 2. The van der Waals surface area contributed by atoms with E-state index in [1.807, 2.05) is 38.1 Å². The summed E-state index contributed by atoms with van der Waals surface area (Å²) in [6.45, 7) is 14.4. The maximum atomic E-state index is 6.03. The van der Waals surface area contributed by atoms with E-state index in [2.05, 4.69) is 48.3 Å². The molecule has 0 radical (unpaired) electrons. The Hall–Kier alpha value is -2.04. The van der Waals surface area contributed by atoms with E-state index in [1.54, 1.807) is 7.11 Å². The van der Waals surface area contributed by atoms with Crippen LogP contribution < -0.4 is 14.8 Å². The SMILES string of the molecule is CC.CCCCN(CCCC)CCNCc1ccc(OC)c(OCc2ccccc2)c1. The van der Waals surface area contributed by atoms with Gasteiger partial charge < -0.3 is 19.7 Å². The lowest BCUT2D eigenvalue weighted by atomic mass is 10.2. The van der Waals surface area contributed by atoms with Crippen LogP contribution in [0.5, 0.6) is 11.5 Å². The van der Waals surface area contributed by atoms with Gasteiger partial charge in [-0.3, -0.25) is 0 Å². The molecule has 0 spiro atoms. The van der Waals surface area contributed by atoms with Gasteiger partial charge >= 0.3 is 0 Å². The van der Waals surface area contributed by atoms with Crippen molar-refractivity contribution in [1.82, 2.24) is 10.2 Å². The molecule has 0 atom stereocenters. The Kier molecular flexibility index (Phi) is 15.3. The van der Waals surface area contributed by atoms with Crippen molar-refractivity contribution >= 4 is 0 Å². The van der Waals surface area contributed by atoms with Gasteiger partial charge in [0.2, 0.25) is 0 Å². The van der Waals surface area contributed by atoms with Gasteiger partial charge in [-0.2, -0.15) is 0 Å². The predicted molar refractivity (Wildman–Crippen MR) is 133 cm³/mol. The van der Waals surface area contributed by atoms with Crippen molar-refractivity contribution in [1.29, 1.82) is 0 Å². The number of nitrogens with zero attached hydrogens (tertiary/aromatic N) is 1. The molecule has 2 aromatic carbocycles. The van der Waals surface area contributed by atoms with Crippen molar-refractivity contribution in [3.8, 4) is 11.5 Å². The summed E-state index contributed by atoms with van der Waals surface area (Å²) in [4.78, 5) is 2.59. The summed E-state index contributed by atoms with van der Waals surface area (Å²) in [5, 5.41) is 3.59. The molecule has 0 aromatic heterocycles. The number of hydrogen-bond donors (Lipinski definition) is 1. The minimum Gasteiger partial charge on any atom is -0.493 e. The minimum absolute atomic E-state index is 0.540. The van der Waals surface area contributed by atoms with Crippen molar-refractivity contribution in [3.63, 3.8) is 0 Å². The number of methoxy groups -OCH3 is 1. The third-order valence-electron chi connectivity index (χ3n) is 5.05. The summed E-state index contributed by atoms with van der Waals surface area (Å²) in [5.74, 6) is 1.57. The maximum absolute atomic E-state index is 6.03. The van der Waals surface area contributed by atoms with E-state index in [0.717, 1.165) is 36.7 Å². The molecule has 0 saturated heterocycles. The van der Waals surface area contributed by atoms with Gasteiger partial charge in [-0.15, -0.1) is 0 Å². The predicted octanol–water partition coefficient (Wildman–Crippen LogP) is 6.29. The molecule has 0 aliphatic carbocycles. The van der Waals surface area contributed by atoms with E-state index < -0.39 is 0 Å². The van der Waals surface area contributed by atoms with Gasteiger partial charge in [-0.05, 0) is 49.2 Å². The monoisotopic (exact) mass is 428 g/mol. The second-order valence-electron chi connectivity index (χ2n) is 7.49. The average molecular weight is 429 g/mol. The van der Waals surface area contributed by atoms with Gasteiger partial charge in [0.1, 0.15) is 6.61 Å². The van der Waals surface area contributed by atoms with Gasteiger partial charge in [0.25, 0.3) is 0 Å². The van der Waals surface area contributed by atoms with Crippen molar-refractivity contribution in [2.75, 3.05) is 33.3 Å². The van der Waals surface area contributed by atoms with Crippen LogP contribution in [0.3, 0.4) is 0 Å². The van der Waals surface area contributed by atoms with Gasteiger partial charge in [-0.25, -0.2) is 0 Å². The van der Waals surface area contributed by atoms with Crippen molar-refractivity contribution in [3.05, 3.63) is 59.7 Å². The Morgan fingerprint density at radius 2 is 1.48 bits per heavy atom. The summed E-state index contributed by atoms with van der Waals surface area (Å²) < 4.78 is 11.5. The van der Waals surface area contributed by atoms with Gasteiger partial charge in [0, 0.05) is 19.6 Å².